The third-order valence-electron chi connectivity index (χ3n) is 4.46. The first-order valence-electron chi connectivity index (χ1n) is 10.0. The Morgan fingerprint density at radius 1 is 0.897 bits per heavy atom. The molecule has 0 aromatic heterocycles. The van der Waals surface area contributed by atoms with E-state index in [0.717, 1.165) is 35.5 Å². The molecule has 3 nitrogen and oxygen atoms in total. The molecule has 0 aliphatic heterocycles. The van der Waals surface area contributed by atoms with Crippen molar-refractivity contribution in [2.45, 2.75) is 36.0 Å². The van der Waals surface area contributed by atoms with Crippen molar-refractivity contribution in [1.29, 1.82) is 0 Å². The molecular weight excluding hydrogens is 378 g/mol. The van der Waals surface area contributed by atoms with Crippen LogP contribution in [0.3, 0.4) is 0 Å². The lowest BCUT2D eigenvalue weighted by Gasteiger charge is -2.08. The van der Waals surface area contributed by atoms with Crippen LogP contribution in [0.25, 0.3) is 0 Å². The standard InChI is InChI=1S/C25H27NO2S/c1-2-28-25(27)19-21-10-6-12-24(18-21)29-23-15-13-22(14-16-23)26-17-7-11-20-8-4-3-5-9-20/h3-6,8-10,12-16,18,26H,2,7,11,17,19H2,1H3. The van der Waals surface area contributed by atoms with E-state index in [-0.39, 0.29) is 5.97 Å². The number of hydrogen-bond acceptors (Lipinski definition) is 4. The average molecular weight is 406 g/mol. The summed E-state index contributed by atoms with van der Waals surface area (Å²) in [4.78, 5) is 14.0. The number of hydrogen-bond donors (Lipinski definition) is 1. The summed E-state index contributed by atoms with van der Waals surface area (Å²) in [5, 5.41) is 3.49. The van der Waals surface area contributed by atoms with E-state index in [4.69, 9.17) is 4.74 Å². The Balaban J connectivity index is 1.47. The van der Waals surface area contributed by atoms with Crippen LogP contribution in [0.5, 0.6) is 0 Å². The molecule has 0 aliphatic carbocycles. The van der Waals surface area contributed by atoms with E-state index in [9.17, 15) is 4.79 Å². The highest BCUT2D eigenvalue weighted by Crippen LogP contribution is 2.29. The molecular formula is C25H27NO2S. The summed E-state index contributed by atoms with van der Waals surface area (Å²) in [6.07, 6.45) is 2.51. The van der Waals surface area contributed by atoms with E-state index in [2.05, 4.69) is 72.0 Å². The molecule has 0 bridgehead atoms. The first-order chi connectivity index (χ1) is 14.2. The predicted molar refractivity (Wildman–Crippen MR) is 121 cm³/mol. The van der Waals surface area contributed by atoms with E-state index in [0.29, 0.717) is 13.0 Å². The quantitative estimate of drug-likeness (QED) is 0.332. The van der Waals surface area contributed by atoms with Crippen LogP contribution in [0.15, 0.2) is 88.7 Å². The number of carbonyl (C=O) groups is 1. The van der Waals surface area contributed by atoms with Crippen molar-refractivity contribution in [3.63, 3.8) is 0 Å². The average Bonchev–Trinajstić information content (AvgIpc) is 2.74. The highest BCUT2D eigenvalue weighted by molar-refractivity contribution is 7.99. The van der Waals surface area contributed by atoms with Gasteiger partial charge in [-0.15, -0.1) is 0 Å². The van der Waals surface area contributed by atoms with Gasteiger partial charge in [0.15, 0.2) is 0 Å². The van der Waals surface area contributed by atoms with E-state index < -0.39 is 0 Å². The van der Waals surface area contributed by atoms with E-state index in [1.165, 1.54) is 10.5 Å². The topological polar surface area (TPSA) is 38.3 Å². The van der Waals surface area contributed by atoms with Crippen molar-refractivity contribution in [3.05, 3.63) is 90.0 Å². The second-order valence-corrected chi connectivity index (χ2v) is 7.92. The molecule has 150 valence electrons. The van der Waals surface area contributed by atoms with Gasteiger partial charge >= 0.3 is 5.97 Å². The summed E-state index contributed by atoms with van der Waals surface area (Å²) in [5.41, 5.74) is 3.50. The van der Waals surface area contributed by atoms with E-state index in [1.807, 2.05) is 19.1 Å². The Kier molecular flexibility index (Phi) is 8.20. The van der Waals surface area contributed by atoms with Crippen LogP contribution >= 0.6 is 11.8 Å². The minimum atomic E-state index is -0.183. The molecule has 0 saturated heterocycles. The van der Waals surface area contributed by atoms with Crippen LogP contribution in [-0.2, 0) is 22.4 Å². The third-order valence-corrected chi connectivity index (χ3v) is 5.45. The fourth-order valence-electron chi connectivity index (χ4n) is 3.04. The molecule has 0 aliphatic rings. The first-order valence-corrected chi connectivity index (χ1v) is 10.8. The predicted octanol–water partition coefficient (Wildman–Crippen LogP) is 5.99. The second-order valence-electron chi connectivity index (χ2n) is 6.77. The van der Waals surface area contributed by atoms with Gasteiger partial charge in [-0.2, -0.15) is 0 Å². The molecule has 0 radical (unpaired) electrons. The second kappa shape index (κ2) is 11.3. The van der Waals surface area contributed by atoms with Gasteiger partial charge < -0.3 is 10.1 Å². The largest absolute Gasteiger partial charge is 0.466 e. The molecule has 0 atom stereocenters. The molecule has 0 spiro atoms. The molecule has 0 amide bonds. The van der Waals surface area contributed by atoms with E-state index in [1.54, 1.807) is 11.8 Å². The van der Waals surface area contributed by atoms with Crippen molar-refractivity contribution < 1.29 is 9.53 Å². The number of carbonyl (C=O) groups excluding carboxylic acids is 1. The van der Waals surface area contributed by atoms with Crippen molar-refractivity contribution in [3.8, 4) is 0 Å². The number of ether oxygens (including phenoxy) is 1. The van der Waals surface area contributed by atoms with Gasteiger partial charge in [-0.05, 0) is 67.3 Å². The molecule has 3 aromatic rings. The van der Waals surface area contributed by atoms with Gasteiger partial charge in [0.05, 0.1) is 13.0 Å². The van der Waals surface area contributed by atoms with Gasteiger partial charge in [0, 0.05) is 22.0 Å². The van der Waals surface area contributed by atoms with Gasteiger partial charge in [0.2, 0.25) is 0 Å². The number of esters is 1. The maximum Gasteiger partial charge on any atom is 0.310 e. The summed E-state index contributed by atoms with van der Waals surface area (Å²) in [7, 11) is 0. The normalized spacial score (nSPS) is 10.5. The summed E-state index contributed by atoms with van der Waals surface area (Å²) >= 11 is 1.70. The molecule has 0 unspecified atom stereocenters. The third kappa shape index (κ3) is 7.31. The van der Waals surface area contributed by atoms with Crippen molar-refractivity contribution in [2.75, 3.05) is 18.5 Å². The molecule has 3 aromatic carbocycles. The van der Waals surface area contributed by atoms with Crippen molar-refractivity contribution in [1.82, 2.24) is 0 Å². The Hall–Kier alpha value is -2.72. The number of nitrogens with one attached hydrogen (secondary N) is 1. The fourth-order valence-corrected chi connectivity index (χ4v) is 3.95. The number of rotatable bonds is 10. The minimum absolute atomic E-state index is 0.183. The van der Waals surface area contributed by atoms with Crippen molar-refractivity contribution >= 4 is 23.4 Å². The van der Waals surface area contributed by atoms with Crippen LogP contribution in [0.1, 0.15) is 24.5 Å². The van der Waals surface area contributed by atoms with E-state index >= 15 is 0 Å². The van der Waals surface area contributed by atoms with Crippen molar-refractivity contribution in [2.24, 2.45) is 0 Å². The summed E-state index contributed by atoms with van der Waals surface area (Å²) < 4.78 is 5.03. The zero-order valence-electron chi connectivity index (χ0n) is 16.8. The number of aryl methyl sites for hydroxylation is 1. The molecule has 0 saturated carbocycles. The lowest BCUT2D eigenvalue weighted by molar-refractivity contribution is -0.142. The fraction of sp³-hybridized carbons (Fsp3) is 0.240. The molecule has 0 fully saturated rings. The van der Waals surface area contributed by atoms with Gasteiger partial charge in [-0.25, -0.2) is 0 Å². The lowest BCUT2D eigenvalue weighted by atomic mass is 10.1. The van der Waals surface area contributed by atoms with Crippen LogP contribution in [0.2, 0.25) is 0 Å². The Labute approximate surface area is 177 Å². The first kappa shape index (κ1) is 21.0. The molecule has 1 N–H and O–H groups in total. The van der Waals surface area contributed by atoms with Gasteiger partial charge in [-0.3, -0.25) is 4.79 Å². The molecule has 3 rings (SSSR count). The number of benzene rings is 3. The zero-order valence-corrected chi connectivity index (χ0v) is 17.6. The van der Waals surface area contributed by atoms with Crippen LogP contribution < -0.4 is 5.32 Å². The molecule has 0 heterocycles. The molecule has 4 heteroatoms. The Morgan fingerprint density at radius 2 is 1.66 bits per heavy atom. The highest BCUT2D eigenvalue weighted by atomic mass is 32.2. The highest BCUT2D eigenvalue weighted by Gasteiger charge is 2.05. The SMILES string of the molecule is CCOC(=O)Cc1cccc(Sc2ccc(NCCCc3ccccc3)cc2)c1. The Morgan fingerprint density at radius 3 is 2.41 bits per heavy atom. The van der Waals surface area contributed by atoms with Crippen LogP contribution in [-0.4, -0.2) is 19.1 Å². The van der Waals surface area contributed by atoms with Gasteiger partial charge in [-0.1, -0.05) is 54.2 Å². The van der Waals surface area contributed by atoms with Crippen LogP contribution in [0, 0.1) is 0 Å². The van der Waals surface area contributed by atoms with Gasteiger partial charge in [0.25, 0.3) is 0 Å². The smallest absolute Gasteiger partial charge is 0.310 e. The maximum absolute atomic E-state index is 11.7. The minimum Gasteiger partial charge on any atom is -0.466 e. The number of anilines is 1. The molecule has 29 heavy (non-hydrogen) atoms. The lowest BCUT2D eigenvalue weighted by Crippen LogP contribution is -2.07. The summed E-state index contributed by atoms with van der Waals surface area (Å²) in [6.45, 7) is 3.20. The summed E-state index contributed by atoms with van der Waals surface area (Å²) in [5.74, 6) is -0.183. The zero-order chi connectivity index (χ0) is 20.3. The van der Waals surface area contributed by atoms with Crippen LogP contribution in [0.4, 0.5) is 5.69 Å². The summed E-state index contributed by atoms with van der Waals surface area (Å²) in [6, 6.07) is 27.1. The maximum atomic E-state index is 11.7. The monoisotopic (exact) mass is 405 g/mol. The Bertz CT molecular complexity index is 894. The van der Waals surface area contributed by atoms with Gasteiger partial charge in [0.1, 0.15) is 0 Å².